The van der Waals surface area contributed by atoms with Gasteiger partial charge in [-0.15, -0.1) is 0 Å². The summed E-state index contributed by atoms with van der Waals surface area (Å²) in [6, 6.07) is 26.2. The second-order valence-corrected chi connectivity index (χ2v) is 9.88. The fraction of sp³-hybridized carbons (Fsp3) is 0.207. The van der Waals surface area contributed by atoms with Crippen molar-refractivity contribution in [2.24, 2.45) is 0 Å². The van der Waals surface area contributed by atoms with E-state index in [1.54, 1.807) is 55.6 Å². The Kier molecular flexibility index (Phi) is 7.77. The van der Waals surface area contributed by atoms with E-state index < -0.39 is 11.2 Å². The zero-order valence-electron chi connectivity index (χ0n) is 20.4. The Labute approximate surface area is 215 Å². The maximum absolute atomic E-state index is 13.7. The molecule has 1 unspecified atom stereocenters. The minimum atomic E-state index is -0.556. The first kappa shape index (κ1) is 25.1. The van der Waals surface area contributed by atoms with Crippen LogP contribution < -0.4 is 15.0 Å². The molecule has 0 spiro atoms. The van der Waals surface area contributed by atoms with Gasteiger partial charge >= 0.3 is 0 Å². The van der Waals surface area contributed by atoms with Crippen LogP contribution in [0.4, 0.5) is 11.4 Å². The van der Waals surface area contributed by atoms with Gasteiger partial charge in [-0.25, -0.2) is 0 Å². The van der Waals surface area contributed by atoms with Crippen LogP contribution in [-0.2, 0) is 16.0 Å². The minimum Gasteiger partial charge on any atom is -0.497 e. The molecule has 1 atom stereocenters. The van der Waals surface area contributed by atoms with E-state index >= 15 is 0 Å². The highest BCUT2D eigenvalue weighted by Gasteiger charge is 2.40. The number of ether oxygens (including phenoxy) is 1. The van der Waals surface area contributed by atoms with Crippen LogP contribution in [0.5, 0.6) is 5.75 Å². The van der Waals surface area contributed by atoms with Gasteiger partial charge in [0.15, 0.2) is 0 Å². The summed E-state index contributed by atoms with van der Waals surface area (Å²) in [5.41, 5.74) is 3.29. The molecule has 1 N–H and O–H groups in total. The molecule has 36 heavy (non-hydrogen) atoms. The summed E-state index contributed by atoms with van der Waals surface area (Å²) in [6.45, 7) is 4.28. The summed E-state index contributed by atoms with van der Waals surface area (Å²) in [7, 11) is 1.57. The molecule has 0 saturated carbocycles. The van der Waals surface area contributed by atoms with E-state index in [0.29, 0.717) is 34.5 Å². The van der Waals surface area contributed by atoms with Crippen molar-refractivity contribution in [3.8, 4) is 11.8 Å². The molecule has 182 valence electrons. The molecule has 3 aromatic carbocycles. The lowest BCUT2D eigenvalue weighted by molar-refractivity contribution is -0.117. The number of para-hydroxylation sites is 1. The van der Waals surface area contributed by atoms with Crippen molar-refractivity contribution in [3.05, 3.63) is 101 Å². The Bertz CT molecular complexity index is 1310. The van der Waals surface area contributed by atoms with Crippen molar-refractivity contribution in [2.45, 2.75) is 31.4 Å². The van der Waals surface area contributed by atoms with Crippen LogP contribution >= 0.6 is 11.8 Å². The predicted octanol–water partition coefficient (Wildman–Crippen LogP) is 5.88. The molecular formula is C29H27N3O3S. The van der Waals surface area contributed by atoms with Gasteiger partial charge in [0, 0.05) is 11.4 Å². The number of amides is 2. The van der Waals surface area contributed by atoms with Crippen LogP contribution in [0.3, 0.4) is 0 Å². The van der Waals surface area contributed by atoms with E-state index in [-0.39, 0.29) is 11.5 Å². The van der Waals surface area contributed by atoms with Gasteiger partial charge in [-0.2, -0.15) is 5.26 Å². The SMILES string of the molecule is COc1ccc(N2C(=O)C(Cc3ccc(C(C)C)cc3)S/C2=C(/C#N)C(=O)Nc2ccccc2)cc1. The zero-order chi connectivity index (χ0) is 25.7. The van der Waals surface area contributed by atoms with Crippen LogP contribution in [0.1, 0.15) is 30.9 Å². The van der Waals surface area contributed by atoms with Gasteiger partial charge in [0.1, 0.15) is 22.4 Å². The van der Waals surface area contributed by atoms with E-state index in [0.717, 1.165) is 5.56 Å². The van der Waals surface area contributed by atoms with Crippen molar-refractivity contribution in [1.29, 1.82) is 5.26 Å². The average molecular weight is 498 g/mol. The van der Waals surface area contributed by atoms with E-state index in [9.17, 15) is 14.9 Å². The number of carbonyl (C=O) groups excluding carboxylic acids is 2. The smallest absolute Gasteiger partial charge is 0.269 e. The highest BCUT2D eigenvalue weighted by molar-refractivity contribution is 8.05. The van der Waals surface area contributed by atoms with Crippen molar-refractivity contribution in [1.82, 2.24) is 0 Å². The fourth-order valence-electron chi connectivity index (χ4n) is 3.92. The van der Waals surface area contributed by atoms with Gasteiger partial charge in [0.2, 0.25) is 5.91 Å². The monoisotopic (exact) mass is 497 g/mol. The summed E-state index contributed by atoms with van der Waals surface area (Å²) >= 11 is 1.25. The zero-order valence-corrected chi connectivity index (χ0v) is 21.2. The Morgan fingerprint density at radius 3 is 2.31 bits per heavy atom. The quantitative estimate of drug-likeness (QED) is 0.325. The fourth-order valence-corrected chi connectivity index (χ4v) is 5.23. The molecule has 1 heterocycles. The molecule has 0 aliphatic carbocycles. The number of carbonyl (C=O) groups is 2. The van der Waals surface area contributed by atoms with Crippen LogP contribution in [0.2, 0.25) is 0 Å². The first-order valence-corrected chi connectivity index (χ1v) is 12.5. The molecule has 1 fully saturated rings. The van der Waals surface area contributed by atoms with E-state index in [4.69, 9.17) is 4.74 Å². The van der Waals surface area contributed by atoms with Crippen LogP contribution in [-0.4, -0.2) is 24.2 Å². The molecule has 7 heteroatoms. The summed E-state index contributed by atoms with van der Waals surface area (Å²) < 4.78 is 5.25. The standard InChI is InChI=1S/C29H27N3O3S/c1-19(2)21-11-9-20(10-12-21)17-26-28(34)32(23-13-15-24(35-3)16-14-23)29(36-26)25(18-30)27(33)31-22-7-5-4-6-8-22/h4-16,19,26H,17H2,1-3H3,(H,31,33)/b29-25-. The van der Waals surface area contributed by atoms with E-state index in [1.807, 2.05) is 24.3 Å². The number of rotatable bonds is 7. The Hall–Kier alpha value is -4.02. The van der Waals surface area contributed by atoms with Gasteiger partial charge in [0.25, 0.3) is 5.91 Å². The second kappa shape index (κ2) is 11.1. The van der Waals surface area contributed by atoms with Crippen LogP contribution in [0.25, 0.3) is 0 Å². The third kappa shape index (κ3) is 5.45. The molecule has 4 rings (SSSR count). The summed E-state index contributed by atoms with van der Waals surface area (Å²) in [4.78, 5) is 28.2. The second-order valence-electron chi connectivity index (χ2n) is 8.69. The van der Waals surface area contributed by atoms with E-state index in [2.05, 4.69) is 31.3 Å². The number of nitriles is 1. The maximum atomic E-state index is 13.7. The molecule has 0 aromatic heterocycles. The van der Waals surface area contributed by atoms with E-state index in [1.165, 1.54) is 22.2 Å². The van der Waals surface area contributed by atoms with Gasteiger partial charge in [-0.3, -0.25) is 14.5 Å². The van der Waals surface area contributed by atoms with Crippen LogP contribution in [0.15, 0.2) is 89.5 Å². The lowest BCUT2D eigenvalue weighted by atomic mass is 10.00. The molecule has 6 nitrogen and oxygen atoms in total. The number of hydrogen-bond acceptors (Lipinski definition) is 5. The first-order chi connectivity index (χ1) is 17.4. The number of nitrogens with one attached hydrogen (secondary N) is 1. The molecule has 1 aliphatic rings. The minimum absolute atomic E-state index is 0.106. The number of thioether (sulfide) groups is 1. The van der Waals surface area contributed by atoms with Gasteiger partial charge in [-0.1, -0.05) is 68.1 Å². The van der Waals surface area contributed by atoms with Crippen molar-refractivity contribution >= 4 is 35.0 Å². The lowest BCUT2D eigenvalue weighted by Gasteiger charge is -2.19. The van der Waals surface area contributed by atoms with Gasteiger partial charge < -0.3 is 10.1 Å². The third-order valence-electron chi connectivity index (χ3n) is 5.94. The van der Waals surface area contributed by atoms with Crippen molar-refractivity contribution in [2.75, 3.05) is 17.3 Å². The number of benzene rings is 3. The number of nitrogens with zero attached hydrogens (tertiary/aromatic N) is 2. The Morgan fingerprint density at radius 2 is 1.72 bits per heavy atom. The Morgan fingerprint density at radius 1 is 1.06 bits per heavy atom. The largest absolute Gasteiger partial charge is 0.497 e. The van der Waals surface area contributed by atoms with Crippen molar-refractivity contribution < 1.29 is 14.3 Å². The highest BCUT2D eigenvalue weighted by Crippen LogP contribution is 2.42. The molecule has 3 aromatic rings. The molecule has 1 aliphatic heterocycles. The maximum Gasteiger partial charge on any atom is 0.269 e. The predicted molar refractivity (Wildman–Crippen MR) is 144 cm³/mol. The summed E-state index contributed by atoms with van der Waals surface area (Å²) in [5.74, 6) is 0.337. The highest BCUT2D eigenvalue weighted by atomic mass is 32.2. The molecule has 0 radical (unpaired) electrons. The van der Waals surface area contributed by atoms with Crippen LogP contribution in [0, 0.1) is 11.3 Å². The normalized spacial score (nSPS) is 16.6. The summed E-state index contributed by atoms with van der Waals surface area (Å²) in [6.07, 6.45) is 0.483. The lowest BCUT2D eigenvalue weighted by Crippen LogP contribution is -2.30. The van der Waals surface area contributed by atoms with Gasteiger partial charge in [-0.05, 0) is 59.9 Å². The molecule has 2 amide bonds. The Balaban J connectivity index is 1.69. The molecular weight excluding hydrogens is 470 g/mol. The molecule has 0 bridgehead atoms. The third-order valence-corrected chi connectivity index (χ3v) is 7.20. The van der Waals surface area contributed by atoms with Crippen molar-refractivity contribution in [3.63, 3.8) is 0 Å². The number of anilines is 2. The topological polar surface area (TPSA) is 82.4 Å². The number of methoxy groups -OCH3 is 1. The average Bonchev–Trinajstić information content (AvgIpc) is 3.20. The van der Waals surface area contributed by atoms with Gasteiger partial charge in [0.05, 0.1) is 12.4 Å². The molecule has 1 saturated heterocycles. The summed E-state index contributed by atoms with van der Waals surface area (Å²) in [5, 5.41) is 12.6. The number of hydrogen-bond donors (Lipinski definition) is 1. The first-order valence-electron chi connectivity index (χ1n) is 11.7.